The van der Waals surface area contributed by atoms with Crippen molar-refractivity contribution in [2.45, 2.75) is 31.2 Å². The first-order valence-electron chi connectivity index (χ1n) is 6.71. The van der Waals surface area contributed by atoms with Crippen molar-refractivity contribution in [3.63, 3.8) is 0 Å². The highest BCUT2D eigenvalue weighted by Crippen LogP contribution is 2.35. The quantitative estimate of drug-likeness (QED) is 0.768. The van der Waals surface area contributed by atoms with Gasteiger partial charge in [-0.25, -0.2) is 9.97 Å². The van der Waals surface area contributed by atoms with Crippen LogP contribution in [0.3, 0.4) is 0 Å². The molecule has 1 saturated carbocycles. The Hall–Kier alpha value is -1.73. The monoisotopic (exact) mass is 290 g/mol. The molecule has 1 fully saturated rings. The van der Waals surface area contributed by atoms with Gasteiger partial charge in [-0.2, -0.15) is 4.98 Å². The number of nitrogens with one attached hydrogen (secondary N) is 1. The molecule has 106 valence electrons. The number of aromatic nitrogens is 3. The molecule has 2 heterocycles. The molecule has 6 nitrogen and oxygen atoms in total. The van der Waals surface area contributed by atoms with Crippen molar-refractivity contribution in [1.29, 1.82) is 0 Å². The van der Waals surface area contributed by atoms with Crippen molar-refractivity contribution in [3.05, 3.63) is 28.3 Å². The highest BCUT2D eigenvalue weighted by Gasteiger charge is 2.29. The molecule has 0 saturated heterocycles. The zero-order valence-corrected chi connectivity index (χ0v) is 11.9. The molecule has 0 aliphatic heterocycles. The highest BCUT2D eigenvalue weighted by atomic mass is 32.1. The van der Waals surface area contributed by atoms with Gasteiger partial charge in [-0.1, -0.05) is 0 Å². The summed E-state index contributed by atoms with van der Waals surface area (Å²) in [5.74, 6) is 1.52. The Labute approximate surface area is 121 Å². The lowest BCUT2D eigenvalue weighted by Crippen LogP contribution is -2.35. The number of nitrogens with two attached hydrogens (primary N) is 2. The van der Waals surface area contributed by atoms with Gasteiger partial charge in [-0.3, -0.25) is 0 Å². The number of anilines is 2. The first-order chi connectivity index (χ1) is 9.70. The summed E-state index contributed by atoms with van der Waals surface area (Å²) in [6.07, 6.45) is 2.83. The number of thiazole rings is 1. The van der Waals surface area contributed by atoms with Crippen LogP contribution in [0.1, 0.15) is 30.1 Å². The van der Waals surface area contributed by atoms with Gasteiger partial charge < -0.3 is 16.8 Å². The van der Waals surface area contributed by atoms with Gasteiger partial charge in [0.15, 0.2) is 0 Å². The van der Waals surface area contributed by atoms with E-state index in [1.54, 1.807) is 11.3 Å². The number of nitrogens with zero attached hydrogens (tertiary/aromatic N) is 3. The molecule has 1 aliphatic carbocycles. The van der Waals surface area contributed by atoms with Gasteiger partial charge >= 0.3 is 0 Å². The Morgan fingerprint density at radius 2 is 2.20 bits per heavy atom. The maximum atomic E-state index is 5.82. The third-order valence-corrected chi connectivity index (χ3v) is 4.16. The average Bonchev–Trinajstić information content (AvgIpc) is 2.87. The van der Waals surface area contributed by atoms with Gasteiger partial charge in [0.1, 0.15) is 5.82 Å². The van der Waals surface area contributed by atoms with E-state index in [0.717, 1.165) is 43.0 Å². The van der Waals surface area contributed by atoms with Crippen LogP contribution in [0, 0.1) is 0 Å². The summed E-state index contributed by atoms with van der Waals surface area (Å²) in [4.78, 5) is 12.8. The van der Waals surface area contributed by atoms with Gasteiger partial charge in [-0.05, 0) is 12.8 Å². The number of hydrogen-bond acceptors (Lipinski definition) is 7. The summed E-state index contributed by atoms with van der Waals surface area (Å²) in [5.41, 5.74) is 15.5. The van der Waals surface area contributed by atoms with Crippen molar-refractivity contribution in [1.82, 2.24) is 15.0 Å². The van der Waals surface area contributed by atoms with E-state index in [1.807, 2.05) is 11.6 Å². The van der Waals surface area contributed by atoms with E-state index in [4.69, 9.17) is 11.5 Å². The second-order valence-electron chi connectivity index (χ2n) is 5.12. The molecule has 0 spiro atoms. The molecule has 0 unspecified atom stereocenters. The molecule has 0 amide bonds. The lowest BCUT2D eigenvalue weighted by atomic mass is 9.78. The van der Waals surface area contributed by atoms with Crippen LogP contribution in [0.5, 0.6) is 0 Å². The van der Waals surface area contributed by atoms with Crippen LogP contribution in [0.25, 0.3) is 0 Å². The van der Waals surface area contributed by atoms with Crippen molar-refractivity contribution >= 4 is 23.1 Å². The number of nitrogen functional groups attached to an aromatic ring is 1. The minimum atomic E-state index is 0.303. The molecule has 3 rings (SSSR count). The van der Waals surface area contributed by atoms with E-state index in [9.17, 15) is 0 Å². The number of rotatable bonds is 5. The van der Waals surface area contributed by atoms with Crippen LogP contribution in [0.15, 0.2) is 17.0 Å². The largest absolute Gasteiger partial charge is 0.370 e. The van der Waals surface area contributed by atoms with Crippen LogP contribution in [0.2, 0.25) is 0 Å². The Kier molecular flexibility index (Phi) is 3.79. The molecular weight excluding hydrogens is 272 g/mol. The molecule has 0 atom stereocenters. The van der Waals surface area contributed by atoms with Crippen molar-refractivity contribution < 1.29 is 0 Å². The topological polar surface area (TPSA) is 103 Å². The van der Waals surface area contributed by atoms with Crippen LogP contribution in [0.4, 0.5) is 11.8 Å². The minimum absolute atomic E-state index is 0.303. The second kappa shape index (κ2) is 5.72. The summed E-state index contributed by atoms with van der Waals surface area (Å²) in [6.45, 7) is 0.782. The maximum absolute atomic E-state index is 5.82. The summed E-state index contributed by atoms with van der Waals surface area (Å²) in [5, 5.41) is 5.33. The van der Waals surface area contributed by atoms with Gasteiger partial charge in [0.05, 0.1) is 16.9 Å². The zero-order valence-electron chi connectivity index (χ0n) is 11.1. The van der Waals surface area contributed by atoms with Gasteiger partial charge in [-0.15, -0.1) is 11.3 Å². The van der Waals surface area contributed by atoms with E-state index >= 15 is 0 Å². The van der Waals surface area contributed by atoms with E-state index in [1.165, 1.54) is 0 Å². The van der Waals surface area contributed by atoms with E-state index < -0.39 is 0 Å². The molecular formula is C13H18N6S. The van der Waals surface area contributed by atoms with Crippen LogP contribution in [-0.4, -0.2) is 27.5 Å². The Morgan fingerprint density at radius 1 is 1.35 bits per heavy atom. The first-order valence-corrected chi connectivity index (χ1v) is 7.66. The summed E-state index contributed by atoms with van der Waals surface area (Å²) in [7, 11) is 0. The Bertz CT molecular complexity index is 564. The average molecular weight is 290 g/mol. The van der Waals surface area contributed by atoms with Crippen LogP contribution < -0.4 is 16.8 Å². The SMILES string of the molecule is Nc1nc(NCCc2cscn2)cc(C2CC(N)C2)n1. The minimum Gasteiger partial charge on any atom is -0.370 e. The van der Waals surface area contributed by atoms with Gasteiger partial charge in [0, 0.05) is 36.4 Å². The highest BCUT2D eigenvalue weighted by molar-refractivity contribution is 7.07. The van der Waals surface area contributed by atoms with Crippen LogP contribution >= 0.6 is 11.3 Å². The number of hydrogen-bond donors (Lipinski definition) is 3. The lowest BCUT2D eigenvalue weighted by molar-refractivity contribution is 0.345. The Morgan fingerprint density at radius 3 is 2.90 bits per heavy atom. The molecule has 0 aromatic carbocycles. The van der Waals surface area contributed by atoms with E-state index in [0.29, 0.717) is 17.9 Å². The smallest absolute Gasteiger partial charge is 0.222 e. The molecule has 20 heavy (non-hydrogen) atoms. The molecule has 7 heteroatoms. The molecule has 2 aromatic rings. The summed E-state index contributed by atoms with van der Waals surface area (Å²) < 4.78 is 0. The molecule has 1 aliphatic rings. The predicted molar refractivity (Wildman–Crippen MR) is 80.7 cm³/mol. The lowest BCUT2D eigenvalue weighted by Gasteiger charge is -2.32. The normalized spacial score (nSPS) is 21.4. The standard InChI is InChI=1S/C13H18N6S/c14-9-3-8(4-9)11-5-12(19-13(15)18-11)16-2-1-10-6-20-7-17-10/h5-9H,1-4,14H2,(H3,15,16,18,19). The van der Waals surface area contributed by atoms with Crippen molar-refractivity contribution in [3.8, 4) is 0 Å². The first kappa shape index (κ1) is 13.3. The zero-order chi connectivity index (χ0) is 13.9. The molecule has 5 N–H and O–H groups in total. The van der Waals surface area contributed by atoms with Crippen molar-refractivity contribution in [2.75, 3.05) is 17.6 Å². The fourth-order valence-electron chi connectivity index (χ4n) is 2.37. The van der Waals surface area contributed by atoms with Gasteiger partial charge in [0.2, 0.25) is 5.95 Å². The van der Waals surface area contributed by atoms with E-state index in [2.05, 4.69) is 25.6 Å². The fraction of sp³-hybridized carbons (Fsp3) is 0.462. The second-order valence-corrected chi connectivity index (χ2v) is 5.84. The maximum Gasteiger partial charge on any atom is 0.222 e. The summed E-state index contributed by atoms with van der Waals surface area (Å²) in [6, 6.07) is 2.28. The molecule has 2 aromatic heterocycles. The van der Waals surface area contributed by atoms with E-state index in [-0.39, 0.29) is 0 Å². The Balaban J connectivity index is 1.61. The third kappa shape index (κ3) is 3.05. The van der Waals surface area contributed by atoms with Crippen LogP contribution in [-0.2, 0) is 6.42 Å². The van der Waals surface area contributed by atoms with Gasteiger partial charge in [0.25, 0.3) is 0 Å². The fourth-order valence-corrected chi connectivity index (χ4v) is 2.96. The van der Waals surface area contributed by atoms with Crippen molar-refractivity contribution in [2.24, 2.45) is 5.73 Å². The predicted octanol–water partition coefficient (Wildman–Crippen LogP) is 1.37. The molecule has 0 radical (unpaired) electrons. The molecule has 0 bridgehead atoms. The summed E-state index contributed by atoms with van der Waals surface area (Å²) >= 11 is 1.61. The third-order valence-electron chi connectivity index (χ3n) is 3.53.